The first-order chi connectivity index (χ1) is 13.4. The van der Waals surface area contributed by atoms with Crippen LogP contribution in [0.25, 0.3) is 0 Å². The van der Waals surface area contributed by atoms with E-state index in [9.17, 15) is 26.4 Å². The molecule has 0 heterocycles. The average molecular weight is 428 g/mol. The minimum Gasteiger partial charge on any atom is -0.345 e. The Morgan fingerprint density at radius 1 is 1.07 bits per heavy atom. The second-order valence-electron chi connectivity index (χ2n) is 7.01. The van der Waals surface area contributed by atoms with Gasteiger partial charge in [0, 0.05) is 5.56 Å². The third kappa shape index (κ3) is 6.04. The summed E-state index contributed by atoms with van der Waals surface area (Å²) in [6.45, 7) is 3.81. The number of hydrogen-bond acceptors (Lipinski definition) is 3. The van der Waals surface area contributed by atoms with Gasteiger partial charge in [-0.3, -0.25) is 4.79 Å². The van der Waals surface area contributed by atoms with Gasteiger partial charge in [0.15, 0.2) is 0 Å². The van der Waals surface area contributed by atoms with E-state index in [0.717, 1.165) is 12.1 Å². The van der Waals surface area contributed by atoms with Gasteiger partial charge in [0.25, 0.3) is 5.91 Å². The first-order valence-electron chi connectivity index (χ1n) is 8.95. The number of halogens is 3. The van der Waals surface area contributed by atoms with E-state index in [1.54, 1.807) is 6.07 Å². The molecule has 1 atom stereocenters. The Morgan fingerprint density at radius 2 is 1.69 bits per heavy atom. The number of nitrogens with one attached hydrogen (secondary N) is 2. The molecule has 1 amide bonds. The number of benzene rings is 2. The van der Waals surface area contributed by atoms with Gasteiger partial charge in [-0.15, -0.1) is 0 Å². The SMILES string of the molecule is CNS(=O)(=O)c1ccc(C(=O)NC(CC(C)C)c2cccc(C(F)(F)F)c2)cc1. The van der Waals surface area contributed by atoms with Crippen LogP contribution in [0, 0.1) is 5.92 Å². The lowest BCUT2D eigenvalue weighted by atomic mass is 9.95. The normalized spacial score (nSPS) is 13.3. The fourth-order valence-electron chi connectivity index (χ4n) is 2.83. The van der Waals surface area contributed by atoms with Gasteiger partial charge in [0.05, 0.1) is 16.5 Å². The number of amides is 1. The van der Waals surface area contributed by atoms with Crippen LogP contribution in [-0.4, -0.2) is 21.4 Å². The Balaban J connectivity index is 2.28. The molecule has 158 valence electrons. The summed E-state index contributed by atoms with van der Waals surface area (Å²) in [7, 11) is -2.35. The van der Waals surface area contributed by atoms with Gasteiger partial charge in [-0.2, -0.15) is 13.2 Å². The van der Waals surface area contributed by atoms with Crippen LogP contribution in [0.4, 0.5) is 13.2 Å². The molecule has 2 N–H and O–H groups in total. The zero-order valence-electron chi connectivity index (χ0n) is 16.2. The minimum absolute atomic E-state index is 0.00755. The quantitative estimate of drug-likeness (QED) is 0.696. The van der Waals surface area contributed by atoms with Crippen molar-refractivity contribution in [2.75, 3.05) is 7.05 Å². The summed E-state index contributed by atoms with van der Waals surface area (Å²) in [6.07, 6.45) is -4.03. The monoisotopic (exact) mass is 428 g/mol. The molecular weight excluding hydrogens is 405 g/mol. The standard InChI is InChI=1S/C20H23F3N2O3S/c1-13(2)11-18(15-5-4-6-16(12-15)20(21,22)23)25-19(26)14-7-9-17(10-8-14)29(27,28)24-3/h4-10,12-13,18,24H,11H2,1-3H3,(H,25,26). The molecule has 0 saturated heterocycles. The van der Waals surface area contributed by atoms with E-state index in [1.165, 1.54) is 37.4 Å². The molecule has 0 aliphatic rings. The summed E-state index contributed by atoms with van der Waals surface area (Å²) in [5, 5.41) is 2.76. The topological polar surface area (TPSA) is 75.3 Å². The van der Waals surface area contributed by atoms with Crippen molar-refractivity contribution in [1.29, 1.82) is 0 Å². The first-order valence-corrected chi connectivity index (χ1v) is 10.4. The molecule has 2 rings (SSSR count). The number of sulfonamides is 1. The van der Waals surface area contributed by atoms with Gasteiger partial charge in [-0.1, -0.05) is 26.0 Å². The third-order valence-electron chi connectivity index (χ3n) is 4.32. The summed E-state index contributed by atoms with van der Waals surface area (Å²) >= 11 is 0. The van der Waals surface area contributed by atoms with Crippen LogP contribution in [-0.2, 0) is 16.2 Å². The van der Waals surface area contributed by atoms with Gasteiger partial charge in [0.1, 0.15) is 0 Å². The van der Waals surface area contributed by atoms with Crippen LogP contribution >= 0.6 is 0 Å². The number of alkyl halides is 3. The second kappa shape index (κ2) is 8.96. The fraction of sp³-hybridized carbons (Fsp3) is 0.350. The van der Waals surface area contributed by atoms with E-state index < -0.39 is 33.7 Å². The molecule has 0 bridgehead atoms. The summed E-state index contributed by atoms with van der Waals surface area (Å²) < 4.78 is 64.9. The van der Waals surface area contributed by atoms with Gasteiger partial charge in [-0.05, 0) is 61.3 Å². The Bertz CT molecular complexity index is 956. The molecule has 2 aromatic rings. The molecule has 0 radical (unpaired) electrons. The molecule has 0 aromatic heterocycles. The van der Waals surface area contributed by atoms with Crippen LogP contribution in [0.15, 0.2) is 53.4 Å². The largest absolute Gasteiger partial charge is 0.416 e. The molecule has 0 fully saturated rings. The highest BCUT2D eigenvalue weighted by atomic mass is 32.2. The van der Waals surface area contributed by atoms with Gasteiger partial charge < -0.3 is 5.32 Å². The van der Waals surface area contributed by atoms with Crippen LogP contribution in [0.5, 0.6) is 0 Å². The molecule has 0 spiro atoms. The molecule has 5 nitrogen and oxygen atoms in total. The zero-order chi connectivity index (χ0) is 21.8. The first kappa shape index (κ1) is 22.9. The van der Waals surface area contributed by atoms with E-state index in [0.29, 0.717) is 12.0 Å². The molecule has 0 saturated carbocycles. The van der Waals surface area contributed by atoms with Gasteiger partial charge >= 0.3 is 6.18 Å². The van der Waals surface area contributed by atoms with E-state index in [4.69, 9.17) is 0 Å². The maximum atomic E-state index is 13.0. The van der Waals surface area contributed by atoms with E-state index in [-0.39, 0.29) is 16.4 Å². The number of hydrogen-bond donors (Lipinski definition) is 2. The molecule has 1 unspecified atom stereocenters. The Kier molecular flexibility index (Phi) is 7.07. The Labute approximate surface area is 168 Å². The van der Waals surface area contributed by atoms with Crippen molar-refractivity contribution in [3.05, 3.63) is 65.2 Å². The van der Waals surface area contributed by atoms with Crippen molar-refractivity contribution in [2.24, 2.45) is 5.92 Å². The molecule has 2 aromatic carbocycles. The lowest BCUT2D eigenvalue weighted by molar-refractivity contribution is -0.137. The maximum Gasteiger partial charge on any atom is 0.416 e. The highest BCUT2D eigenvalue weighted by Crippen LogP contribution is 2.32. The van der Waals surface area contributed by atoms with Crippen molar-refractivity contribution in [1.82, 2.24) is 10.0 Å². The lowest BCUT2D eigenvalue weighted by Crippen LogP contribution is -2.30. The second-order valence-corrected chi connectivity index (χ2v) is 8.90. The van der Waals surface area contributed by atoms with Crippen LogP contribution in [0.3, 0.4) is 0 Å². The van der Waals surface area contributed by atoms with Crippen LogP contribution in [0.2, 0.25) is 0 Å². The zero-order valence-corrected chi connectivity index (χ0v) is 17.1. The smallest absolute Gasteiger partial charge is 0.345 e. The van der Waals surface area contributed by atoms with E-state index in [1.807, 2.05) is 13.8 Å². The Hall–Kier alpha value is -2.39. The fourth-order valence-corrected chi connectivity index (χ4v) is 3.56. The van der Waals surface area contributed by atoms with Gasteiger partial charge in [0.2, 0.25) is 10.0 Å². The Morgan fingerprint density at radius 3 is 2.21 bits per heavy atom. The van der Waals surface area contributed by atoms with Crippen molar-refractivity contribution in [2.45, 2.75) is 37.4 Å². The van der Waals surface area contributed by atoms with E-state index >= 15 is 0 Å². The van der Waals surface area contributed by atoms with Gasteiger partial charge in [-0.25, -0.2) is 13.1 Å². The van der Waals surface area contributed by atoms with Crippen molar-refractivity contribution < 1.29 is 26.4 Å². The molecular formula is C20H23F3N2O3S. The van der Waals surface area contributed by atoms with Crippen LogP contribution in [0.1, 0.15) is 47.8 Å². The average Bonchev–Trinajstić information content (AvgIpc) is 2.66. The van der Waals surface area contributed by atoms with Crippen molar-refractivity contribution >= 4 is 15.9 Å². The molecule has 0 aliphatic heterocycles. The van der Waals surface area contributed by atoms with Crippen molar-refractivity contribution in [3.63, 3.8) is 0 Å². The summed E-state index contributed by atoms with van der Waals surface area (Å²) in [5.74, 6) is -0.376. The highest BCUT2D eigenvalue weighted by Gasteiger charge is 2.31. The molecule has 9 heteroatoms. The molecule has 29 heavy (non-hydrogen) atoms. The summed E-state index contributed by atoms with van der Waals surface area (Å²) in [6, 6.07) is 9.57. The summed E-state index contributed by atoms with van der Waals surface area (Å²) in [5.41, 5.74) is -0.211. The van der Waals surface area contributed by atoms with Crippen LogP contribution < -0.4 is 10.0 Å². The predicted molar refractivity (Wildman–Crippen MR) is 104 cm³/mol. The predicted octanol–water partition coefficient (Wildman–Crippen LogP) is 4.13. The summed E-state index contributed by atoms with van der Waals surface area (Å²) in [4.78, 5) is 12.6. The third-order valence-corrected chi connectivity index (χ3v) is 5.75. The highest BCUT2D eigenvalue weighted by molar-refractivity contribution is 7.89. The van der Waals surface area contributed by atoms with Crippen molar-refractivity contribution in [3.8, 4) is 0 Å². The number of rotatable bonds is 7. The minimum atomic E-state index is -4.48. The molecule has 0 aliphatic carbocycles. The number of carbonyl (C=O) groups is 1. The maximum absolute atomic E-state index is 13.0. The lowest BCUT2D eigenvalue weighted by Gasteiger charge is -2.22. The number of carbonyl (C=O) groups excluding carboxylic acids is 1. The van der Waals surface area contributed by atoms with E-state index in [2.05, 4.69) is 10.0 Å².